The van der Waals surface area contributed by atoms with E-state index in [-0.39, 0.29) is 6.15 Å². The Hall–Kier alpha value is -0.0400. The van der Waals surface area contributed by atoms with Crippen molar-refractivity contribution >= 4 is 0 Å². The zero-order valence-electron chi connectivity index (χ0n) is 6.57. The zero-order valence-corrected chi connectivity index (χ0v) is 6.57. The molecule has 0 radical (unpaired) electrons. The van der Waals surface area contributed by atoms with Gasteiger partial charge in [0.05, 0.1) is 0 Å². The van der Waals surface area contributed by atoms with Crippen LogP contribution in [-0.2, 0) is 0 Å². The molecule has 52 valence electrons. The lowest BCUT2D eigenvalue weighted by molar-refractivity contribution is 0.834. The van der Waals surface area contributed by atoms with Crippen molar-refractivity contribution in [3.63, 3.8) is 0 Å². The van der Waals surface area contributed by atoms with Gasteiger partial charge in [0.2, 0.25) is 0 Å². The Morgan fingerprint density at radius 2 is 1.12 bits per heavy atom. The molecule has 1 fully saturated rings. The van der Waals surface area contributed by atoms with Gasteiger partial charge in [0.15, 0.2) is 0 Å². The van der Waals surface area contributed by atoms with Crippen molar-refractivity contribution < 1.29 is 0 Å². The molecule has 2 atom stereocenters. The molecule has 1 saturated carbocycles. The van der Waals surface area contributed by atoms with Gasteiger partial charge in [-0.25, -0.2) is 0 Å². The fourth-order valence-corrected chi connectivity index (χ4v) is 0.508. The maximum absolute atomic E-state index is 2.30. The summed E-state index contributed by atoms with van der Waals surface area (Å²) in [6.07, 6.45) is 1.47. The van der Waals surface area contributed by atoms with Crippen molar-refractivity contribution in [2.75, 3.05) is 0 Å². The van der Waals surface area contributed by atoms with E-state index in [1.165, 1.54) is 6.42 Å². The summed E-state index contributed by atoms with van der Waals surface area (Å²) in [5, 5.41) is 0. The molecular formula is C7H19N. The normalized spacial score (nSPS) is 31.5. The molecule has 1 aliphatic carbocycles. The van der Waals surface area contributed by atoms with Gasteiger partial charge in [-0.15, -0.1) is 0 Å². The molecule has 0 amide bonds. The largest absolute Gasteiger partial charge is 0.344 e. The summed E-state index contributed by atoms with van der Waals surface area (Å²) in [7, 11) is 0. The molecule has 0 bridgehead atoms. The molecule has 1 aliphatic rings. The molecule has 3 N–H and O–H groups in total. The highest BCUT2D eigenvalue weighted by molar-refractivity contribution is 4.76. The maximum atomic E-state index is 2.30. The van der Waals surface area contributed by atoms with Crippen LogP contribution in [0.1, 0.15) is 34.1 Å². The van der Waals surface area contributed by atoms with Crippen molar-refractivity contribution in [3.05, 3.63) is 0 Å². The molecule has 0 heterocycles. The lowest BCUT2D eigenvalue weighted by Crippen LogP contribution is -1.58. The lowest BCUT2D eigenvalue weighted by atomic mass is 10.4. The number of rotatable bonds is 0. The van der Waals surface area contributed by atoms with Gasteiger partial charge < -0.3 is 6.15 Å². The highest BCUT2D eigenvalue weighted by Gasteiger charge is 2.26. The van der Waals surface area contributed by atoms with Crippen molar-refractivity contribution in [2.45, 2.75) is 34.1 Å². The fraction of sp³-hybridized carbons (Fsp3) is 1.00. The molecule has 1 nitrogen and oxygen atoms in total. The third kappa shape index (κ3) is 4.13. The number of hydrogen-bond donors (Lipinski definition) is 1. The minimum atomic E-state index is 0. The van der Waals surface area contributed by atoms with Crippen LogP contribution in [0.3, 0.4) is 0 Å². The van der Waals surface area contributed by atoms with Crippen LogP contribution in [-0.4, -0.2) is 0 Å². The van der Waals surface area contributed by atoms with Crippen LogP contribution in [0.25, 0.3) is 0 Å². The van der Waals surface area contributed by atoms with Crippen LogP contribution in [0.2, 0.25) is 0 Å². The van der Waals surface area contributed by atoms with E-state index in [1.54, 1.807) is 0 Å². The Morgan fingerprint density at radius 3 is 1.12 bits per heavy atom. The monoisotopic (exact) mass is 117 g/mol. The minimum absolute atomic E-state index is 0. The average Bonchev–Trinajstić information content (AvgIpc) is 2.27. The Labute approximate surface area is 53.1 Å². The first-order chi connectivity index (χ1) is 3.30. The minimum Gasteiger partial charge on any atom is -0.344 e. The van der Waals surface area contributed by atoms with Gasteiger partial charge in [-0.3, -0.25) is 0 Å². The van der Waals surface area contributed by atoms with Crippen molar-refractivity contribution in [1.29, 1.82) is 0 Å². The van der Waals surface area contributed by atoms with E-state index in [4.69, 9.17) is 0 Å². The van der Waals surface area contributed by atoms with E-state index >= 15 is 0 Å². The summed E-state index contributed by atoms with van der Waals surface area (Å²) < 4.78 is 0. The second kappa shape index (κ2) is 5.10. The van der Waals surface area contributed by atoms with Crippen LogP contribution >= 0.6 is 0 Å². The highest BCUT2D eigenvalue weighted by atomic mass is 14.3. The van der Waals surface area contributed by atoms with Gasteiger partial charge in [0, 0.05) is 0 Å². The van der Waals surface area contributed by atoms with Gasteiger partial charge in [-0.1, -0.05) is 27.7 Å². The first-order valence-electron chi connectivity index (χ1n) is 3.30. The summed E-state index contributed by atoms with van der Waals surface area (Å²) in [4.78, 5) is 0. The van der Waals surface area contributed by atoms with E-state index in [0.717, 1.165) is 11.8 Å². The van der Waals surface area contributed by atoms with Crippen LogP contribution in [0.4, 0.5) is 0 Å². The third-order valence-corrected chi connectivity index (χ3v) is 1.51. The quantitative estimate of drug-likeness (QED) is 0.520. The highest BCUT2D eigenvalue weighted by Crippen LogP contribution is 2.36. The van der Waals surface area contributed by atoms with Gasteiger partial charge in [-0.2, -0.15) is 0 Å². The van der Waals surface area contributed by atoms with Crippen molar-refractivity contribution in [3.8, 4) is 0 Å². The zero-order chi connectivity index (χ0) is 5.86. The first-order valence-corrected chi connectivity index (χ1v) is 3.30. The molecule has 0 aromatic carbocycles. The van der Waals surface area contributed by atoms with Crippen LogP contribution in [0.5, 0.6) is 0 Å². The fourth-order valence-electron chi connectivity index (χ4n) is 0.508. The predicted molar refractivity (Wildman–Crippen MR) is 39.3 cm³/mol. The van der Waals surface area contributed by atoms with E-state index in [0.29, 0.717) is 0 Å². The van der Waals surface area contributed by atoms with Crippen LogP contribution in [0, 0.1) is 11.8 Å². The number of hydrogen-bond acceptors (Lipinski definition) is 1. The van der Waals surface area contributed by atoms with Crippen LogP contribution in [0.15, 0.2) is 0 Å². The molecule has 1 heteroatoms. The van der Waals surface area contributed by atoms with Crippen molar-refractivity contribution in [2.24, 2.45) is 11.8 Å². The van der Waals surface area contributed by atoms with E-state index in [9.17, 15) is 0 Å². The Balaban J connectivity index is 0. The Bertz CT molecular complexity index is 37.7. The van der Waals surface area contributed by atoms with E-state index < -0.39 is 0 Å². The Kier molecular flexibility index (Phi) is 6.93. The average molecular weight is 117 g/mol. The molecule has 8 heavy (non-hydrogen) atoms. The van der Waals surface area contributed by atoms with E-state index in [1.807, 2.05) is 13.8 Å². The summed E-state index contributed by atoms with van der Waals surface area (Å²) in [6, 6.07) is 0. The van der Waals surface area contributed by atoms with E-state index in [2.05, 4.69) is 13.8 Å². The summed E-state index contributed by atoms with van der Waals surface area (Å²) in [5.41, 5.74) is 0. The maximum Gasteiger partial charge on any atom is -0.0414 e. The third-order valence-electron chi connectivity index (χ3n) is 1.51. The second-order valence-electron chi connectivity index (χ2n) is 2.19. The molecule has 0 aliphatic heterocycles. The SMILES string of the molecule is CC.CC1CC1C.N. The standard InChI is InChI=1S/C5H10.C2H6.H3N/c1-4-3-5(4)2;1-2;/h4-5H,3H2,1-2H3;1-2H3;1H3. The van der Waals surface area contributed by atoms with Gasteiger partial charge in [-0.05, 0) is 18.3 Å². The van der Waals surface area contributed by atoms with Gasteiger partial charge in [0.1, 0.15) is 0 Å². The summed E-state index contributed by atoms with van der Waals surface area (Å²) in [5.74, 6) is 2.10. The molecule has 0 saturated heterocycles. The second-order valence-corrected chi connectivity index (χ2v) is 2.19. The summed E-state index contributed by atoms with van der Waals surface area (Å²) in [6.45, 7) is 8.59. The molecule has 0 spiro atoms. The topological polar surface area (TPSA) is 35.0 Å². The molecule has 2 unspecified atom stereocenters. The molecular weight excluding hydrogens is 98.1 g/mol. The molecule has 0 aromatic rings. The Morgan fingerprint density at radius 1 is 1.00 bits per heavy atom. The molecule has 0 aromatic heterocycles. The van der Waals surface area contributed by atoms with Crippen LogP contribution < -0.4 is 6.15 Å². The molecule has 1 rings (SSSR count). The smallest absolute Gasteiger partial charge is 0.0414 e. The first kappa shape index (κ1) is 10.9. The predicted octanol–water partition coefficient (Wildman–Crippen LogP) is 2.85. The van der Waals surface area contributed by atoms with Crippen molar-refractivity contribution in [1.82, 2.24) is 6.15 Å². The lowest BCUT2D eigenvalue weighted by Gasteiger charge is -1.66. The van der Waals surface area contributed by atoms with Gasteiger partial charge >= 0.3 is 0 Å². The van der Waals surface area contributed by atoms with Gasteiger partial charge in [0.25, 0.3) is 0 Å². The summed E-state index contributed by atoms with van der Waals surface area (Å²) >= 11 is 0.